The maximum atomic E-state index is 13.4. The molecule has 1 amide bonds. The van der Waals surface area contributed by atoms with Crippen LogP contribution in [0.15, 0.2) is 101 Å². The third-order valence-electron chi connectivity index (χ3n) is 6.18. The number of nitro groups is 1. The number of hydrogen-bond donors (Lipinski definition) is 2. The molecule has 0 radical (unpaired) electrons. The first-order valence-corrected chi connectivity index (χ1v) is 13.0. The normalized spacial score (nSPS) is 11.0. The second kappa shape index (κ2) is 11.8. The molecule has 0 saturated carbocycles. The van der Waals surface area contributed by atoms with E-state index in [-0.39, 0.29) is 22.7 Å². The molecule has 0 fully saturated rings. The molecule has 0 bridgehead atoms. The fourth-order valence-electron chi connectivity index (χ4n) is 4.25. The molecule has 0 aliphatic carbocycles. The SMILES string of the molecule is COc1ccc(Br)c2c(-c3ccccc3)c(C(=O)NN=Cc3ccccc3OC(=O)c3ccc([N+](=O)[O-])cc3)[nH]c12. The number of carbonyl (C=O) groups is 2. The first-order valence-electron chi connectivity index (χ1n) is 12.2. The largest absolute Gasteiger partial charge is 0.495 e. The fraction of sp³-hybridized carbons (Fsp3) is 0.0333. The predicted molar refractivity (Wildman–Crippen MR) is 158 cm³/mol. The summed E-state index contributed by atoms with van der Waals surface area (Å²) >= 11 is 3.60. The number of aromatic nitrogens is 1. The van der Waals surface area contributed by atoms with Crippen LogP contribution in [-0.4, -0.2) is 35.1 Å². The zero-order valence-electron chi connectivity index (χ0n) is 21.5. The molecule has 10 nitrogen and oxygen atoms in total. The molecule has 0 spiro atoms. The molecule has 0 atom stereocenters. The summed E-state index contributed by atoms with van der Waals surface area (Å²) < 4.78 is 11.8. The van der Waals surface area contributed by atoms with Crippen LogP contribution in [0.2, 0.25) is 0 Å². The van der Waals surface area contributed by atoms with Crippen LogP contribution >= 0.6 is 15.9 Å². The zero-order chi connectivity index (χ0) is 28.9. The van der Waals surface area contributed by atoms with Crippen molar-refractivity contribution in [1.82, 2.24) is 10.4 Å². The number of rotatable bonds is 8. The first-order chi connectivity index (χ1) is 19.9. The van der Waals surface area contributed by atoms with Gasteiger partial charge in [0.1, 0.15) is 17.2 Å². The van der Waals surface area contributed by atoms with Gasteiger partial charge in [0.15, 0.2) is 0 Å². The zero-order valence-corrected chi connectivity index (χ0v) is 23.0. The van der Waals surface area contributed by atoms with Gasteiger partial charge in [0.05, 0.1) is 29.3 Å². The number of amides is 1. The number of fused-ring (bicyclic) bond motifs is 1. The summed E-state index contributed by atoms with van der Waals surface area (Å²) in [6.07, 6.45) is 1.36. The number of nitro benzene ring substituents is 1. The minimum Gasteiger partial charge on any atom is -0.495 e. The van der Waals surface area contributed by atoms with Gasteiger partial charge in [0.25, 0.3) is 11.6 Å². The third-order valence-corrected chi connectivity index (χ3v) is 6.84. The van der Waals surface area contributed by atoms with Crippen LogP contribution in [0.1, 0.15) is 26.4 Å². The second-order valence-electron chi connectivity index (χ2n) is 8.67. The number of benzene rings is 4. The van der Waals surface area contributed by atoms with Gasteiger partial charge in [0.2, 0.25) is 0 Å². The van der Waals surface area contributed by atoms with E-state index in [0.717, 1.165) is 15.4 Å². The number of nitrogens with one attached hydrogen (secondary N) is 2. The Bertz CT molecular complexity index is 1800. The van der Waals surface area contributed by atoms with E-state index >= 15 is 0 Å². The molecule has 2 N–H and O–H groups in total. The van der Waals surface area contributed by atoms with Crippen molar-refractivity contribution in [3.63, 3.8) is 0 Å². The average Bonchev–Trinajstić information content (AvgIpc) is 3.40. The fourth-order valence-corrected chi connectivity index (χ4v) is 4.78. The van der Waals surface area contributed by atoms with Crippen molar-refractivity contribution in [2.75, 3.05) is 7.11 Å². The molecule has 0 aliphatic heterocycles. The third kappa shape index (κ3) is 5.70. The van der Waals surface area contributed by atoms with Crippen molar-refractivity contribution in [2.24, 2.45) is 5.10 Å². The van der Waals surface area contributed by atoms with Gasteiger partial charge in [-0.1, -0.05) is 58.4 Å². The van der Waals surface area contributed by atoms with Crippen molar-refractivity contribution in [2.45, 2.75) is 0 Å². The number of nitrogens with zero attached hydrogens (tertiary/aromatic N) is 2. The Morgan fingerprint density at radius 1 is 0.951 bits per heavy atom. The van der Waals surface area contributed by atoms with Gasteiger partial charge in [-0.2, -0.15) is 5.10 Å². The summed E-state index contributed by atoms with van der Waals surface area (Å²) in [4.78, 5) is 39.5. The van der Waals surface area contributed by atoms with Gasteiger partial charge in [0, 0.05) is 33.1 Å². The Hall–Kier alpha value is -5.29. The highest BCUT2D eigenvalue weighted by Gasteiger charge is 2.23. The smallest absolute Gasteiger partial charge is 0.343 e. The highest BCUT2D eigenvalue weighted by atomic mass is 79.9. The topological polar surface area (TPSA) is 136 Å². The van der Waals surface area contributed by atoms with Gasteiger partial charge in [-0.25, -0.2) is 10.2 Å². The quantitative estimate of drug-likeness (QED) is 0.0675. The molecule has 1 heterocycles. The Balaban J connectivity index is 1.40. The summed E-state index contributed by atoms with van der Waals surface area (Å²) in [5.74, 6) is -0.426. The monoisotopic (exact) mass is 612 g/mol. The van der Waals surface area contributed by atoms with Crippen molar-refractivity contribution < 1.29 is 24.0 Å². The predicted octanol–water partition coefficient (Wildman–Crippen LogP) is 6.50. The molecular formula is C30H21BrN4O6. The average molecular weight is 613 g/mol. The van der Waals surface area contributed by atoms with Crippen LogP contribution in [0.5, 0.6) is 11.5 Å². The van der Waals surface area contributed by atoms with Gasteiger partial charge >= 0.3 is 5.97 Å². The van der Waals surface area contributed by atoms with E-state index in [2.05, 4.69) is 31.4 Å². The maximum absolute atomic E-state index is 13.4. The van der Waals surface area contributed by atoms with E-state index < -0.39 is 16.8 Å². The Kier molecular flexibility index (Phi) is 7.88. The number of ether oxygens (including phenoxy) is 2. The van der Waals surface area contributed by atoms with Crippen LogP contribution in [0.4, 0.5) is 5.69 Å². The number of methoxy groups -OCH3 is 1. The van der Waals surface area contributed by atoms with E-state index in [1.54, 1.807) is 37.4 Å². The number of hydrogen-bond acceptors (Lipinski definition) is 7. The molecule has 5 rings (SSSR count). The minimum absolute atomic E-state index is 0.138. The molecule has 4 aromatic carbocycles. The Morgan fingerprint density at radius 3 is 2.37 bits per heavy atom. The van der Waals surface area contributed by atoms with E-state index in [9.17, 15) is 19.7 Å². The number of hydrazone groups is 1. The van der Waals surface area contributed by atoms with E-state index in [4.69, 9.17) is 9.47 Å². The molecular weight excluding hydrogens is 592 g/mol. The summed E-state index contributed by atoms with van der Waals surface area (Å²) in [5, 5.41) is 15.8. The van der Waals surface area contributed by atoms with Crippen LogP contribution < -0.4 is 14.9 Å². The number of para-hydroxylation sites is 1. The number of aromatic amines is 1. The maximum Gasteiger partial charge on any atom is 0.343 e. The molecule has 0 saturated heterocycles. The van der Waals surface area contributed by atoms with Gasteiger partial charge in [-0.15, -0.1) is 0 Å². The first kappa shape index (κ1) is 27.3. The van der Waals surface area contributed by atoms with E-state index in [1.165, 1.54) is 30.5 Å². The Labute approximate surface area is 241 Å². The number of H-pyrrole nitrogens is 1. The molecule has 0 unspecified atom stereocenters. The van der Waals surface area contributed by atoms with Crippen molar-refractivity contribution in [3.05, 3.63) is 122 Å². The lowest BCUT2D eigenvalue weighted by atomic mass is 10.0. The summed E-state index contributed by atoms with van der Waals surface area (Å²) in [6, 6.07) is 24.8. The minimum atomic E-state index is -0.699. The van der Waals surface area contributed by atoms with Gasteiger partial charge in [-0.3, -0.25) is 14.9 Å². The lowest BCUT2D eigenvalue weighted by Gasteiger charge is -2.08. The highest BCUT2D eigenvalue weighted by Crippen LogP contribution is 2.40. The lowest BCUT2D eigenvalue weighted by Crippen LogP contribution is -2.19. The van der Waals surface area contributed by atoms with Crippen molar-refractivity contribution >= 4 is 50.6 Å². The number of halogens is 1. The molecule has 5 aromatic rings. The highest BCUT2D eigenvalue weighted by molar-refractivity contribution is 9.10. The molecule has 1 aromatic heterocycles. The van der Waals surface area contributed by atoms with Crippen LogP contribution in [0.3, 0.4) is 0 Å². The van der Waals surface area contributed by atoms with Crippen LogP contribution in [0, 0.1) is 10.1 Å². The van der Waals surface area contributed by atoms with Gasteiger partial charge in [-0.05, 0) is 42.0 Å². The molecule has 0 aliphatic rings. The molecule has 41 heavy (non-hydrogen) atoms. The molecule has 204 valence electrons. The van der Waals surface area contributed by atoms with Gasteiger partial charge < -0.3 is 14.5 Å². The summed E-state index contributed by atoms with van der Waals surface area (Å²) in [7, 11) is 1.56. The summed E-state index contributed by atoms with van der Waals surface area (Å²) in [6.45, 7) is 0. The van der Waals surface area contributed by atoms with Crippen LogP contribution in [-0.2, 0) is 0 Å². The summed E-state index contributed by atoms with van der Waals surface area (Å²) in [5.41, 5.74) is 5.41. The lowest BCUT2D eigenvalue weighted by molar-refractivity contribution is -0.384. The Morgan fingerprint density at radius 2 is 1.66 bits per heavy atom. The number of esters is 1. The number of non-ortho nitro benzene ring substituents is 1. The van der Waals surface area contributed by atoms with Crippen molar-refractivity contribution in [3.8, 4) is 22.6 Å². The van der Waals surface area contributed by atoms with E-state index in [1.807, 2.05) is 36.4 Å². The van der Waals surface area contributed by atoms with Crippen molar-refractivity contribution in [1.29, 1.82) is 0 Å². The number of carbonyl (C=O) groups excluding carboxylic acids is 2. The standard InChI is InChI=1S/C30H21BrN4O6/c1-40-24-16-15-22(31)26-25(18-7-3-2-4-8-18)28(33-27(24)26)29(36)34-32-17-20-9-5-6-10-23(20)41-30(37)19-11-13-21(14-12-19)35(38)39/h2-17,33H,1H3,(H,34,36). The second-order valence-corrected chi connectivity index (χ2v) is 9.53. The van der Waals surface area contributed by atoms with E-state index in [0.29, 0.717) is 22.4 Å². The van der Waals surface area contributed by atoms with Crippen LogP contribution in [0.25, 0.3) is 22.0 Å². The molecule has 11 heteroatoms.